The average Bonchev–Trinajstić information content (AvgIpc) is 2.46. The number of hydrogen-bond acceptors (Lipinski definition) is 4. The molecule has 2 aromatic carbocycles. The fourth-order valence-corrected chi connectivity index (χ4v) is 2.91. The predicted molar refractivity (Wildman–Crippen MR) is 87.6 cm³/mol. The molecular formula is C16H16BrNO4. The van der Waals surface area contributed by atoms with E-state index in [1.807, 2.05) is 4.90 Å². The first-order valence-electron chi connectivity index (χ1n) is 6.27. The molecule has 2 N–H and O–H groups in total. The first kappa shape index (κ1) is 16.2. The van der Waals surface area contributed by atoms with Crippen LogP contribution in [-0.4, -0.2) is 22.9 Å². The van der Waals surface area contributed by atoms with Gasteiger partial charge in [0.2, 0.25) is 0 Å². The van der Waals surface area contributed by atoms with Gasteiger partial charge in [-0.2, -0.15) is 0 Å². The lowest BCUT2D eigenvalue weighted by Crippen LogP contribution is -2.32. The molecule has 2 aromatic rings. The zero-order valence-electron chi connectivity index (χ0n) is 10.9. The van der Waals surface area contributed by atoms with Crippen molar-refractivity contribution in [3.8, 4) is 11.5 Å². The summed E-state index contributed by atoms with van der Waals surface area (Å²) >= 11 is 3.40. The Bertz CT molecular complexity index is 717. The Balaban J connectivity index is 0.00000176. The van der Waals surface area contributed by atoms with Gasteiger partial charge < -0.3 is 19.8 Å². The van der Waals surface area contributed by atoms with Crippen molar-refractivity contribution in [1.82, 2.24) is 0 Å². The Labute approximate surface area is 136 Å². The van der Waals surface area contributed by atoms with Gasteiger partial charge in [-0.1, -0.05) is 7.43 Å². The number of nitrogens with zero attached hydrogens (tertiary/aromatic N) is 1. The van der Waals surface area contributed by atoms with E-state index in [0.29, 0.717) is 17.7 Å². The van der Waals surface area contributed by atoms with E-state index in [4.69, 9.17) is 9.84 Å². The maximum absolute atomic E-state index is 11.0. The highest BCUT2D eigenvalue weighted by Crippen LogP contribution is 2.34. The Morgan fingerprint density at radius 3 is 2.68 bits per heavy atom. The van der Waals surface area contributed by atoms with Crippen LogP contribution in [0, 0.1) is 0 Å². The molecule has 0 bridgehead atoms. The normalized spacial score (nSPS) is 12.9. The fourth-order valence-electron chi connectivity index (χ4n) is 2.28. The van der Waals surface area contributed by atoms with Crippen LogP contribution in [0.2, 0.25) is 0 Å². The fraction of sp³-hybridized carbons (Fsp3) is 0.188. The third-order valence-electron chi connectivity index (χ3n) is 3.32. The van der Waals surface area contributed by atoms with E-state index >= 15 is 0 Å². The highest BCUT2D eigenvalue weighted by Gasteiger charge is 2.20. The highest BCUT2D eigenvalue weighted by molar-refractivity contribution is 9.10. The molecule has 0 aliphatic carbocycles. The second-order valence-electron chi connectivity index (χ2n) is 4.73. The summed E-state index contributed by atoms with van der Waals surface area (Å²) in [6.07, 6.45) is 0. The summed E-state index contributed by atoms with van der Waals surface area (Å²) in [5.74, 6) is -0.0192. The molecule has 0 spiro atoms. The number of aromatic hydroxyl groups is 1. The van der Waals surface area contributed by atoms with E-state index in [1.54, 1.807) is 36.4 Å². The number of rotatable bonds is 2. The number of anilines is 1. The molecule has 116 valence electrons. The van der Waals surface area contributed by atoms with Gasteiger partial charge in [-0.3, -0.25) is 0 Å². The van der Waals surface area contributed by atoms with Crippen LogP contribution in [-0.2, 0) is 6.54 Å². The van der Waals surface area contributed by atoms with Crippen LogP contribution in [0.4, 0.5) is 5.69 Å². The summed E-state index contributed by atoms with van der Waals surface area (Å²) in [5, 5.41) is 18.5. The van der Waals surface area contributed by atoms with Crippen LogP contribution >= 0.6 is 15.9 Å². The van der Waals surface area contributed by atoms with Gasteiger partial charge in [-0.25, -0.2) is 4.79 Å². The molecule has 0 amide bonds. The first-order chi connectivity index (χ1) is 10.0. The summed E-state index contributed by atoms with van der Waals surface area (Å²) in [6.45, 7) is 0.942. The Kier molecular flexibility index (Phi) is 4.61. The number of phenolic OH excluding ortho intramolecular Hbond substituents is 1. The van der Waals surface area contributed by atoms with Gasteiger partial charge >= 0.3 is 5.97 Å². The van der Waals surface area contributed by atoms with E-state index in [9.17, 15) is 9.90 Å². The van der Waals surface area contributed by atoms with E-state index in [0.717, 1.165) is 17.0 Å². The predicted octanol–water partition coefficient (Wildman–Crippen LogP) is 3.85. The number of aromatic carboxylic acids is 1. The van der Waals surface area contributed by atoms with Gasteiger partial charge in [0.15, 0.2) is 6.73 Å². The summed E-state index contributed by atoms with van der Waals surface area (Å²) in [5.41, 5.74) is 1.95. The van der Waals surface area contributed by atoms with Crippen molar-refractivity contribution < 1.29 is 19.7 Å². The van der Waals surface area contributed by atoms with E-state index in [2.05, 4.69) is 15.9 Å². The van der Waals surface area contributed by atoms with Crippen LogP contribution < -0.4 is 9.64 Å². The summed E-state index contributed by atoms with van der Waals surface area (Å²) in [4.78, 5) is 12.9. The number of ether oxygens (including phenoxy) is 1. The van der Waals surface area contributed by atoms with Crippen LogP contribution in [0.5, 0.6) is 11.5 Å². The highest BCUT2D eigenvalue weighted by atomic mass is 79.9. The number of benzene rings is 2. The van der Waals surface area contributed by atoms with Gasteiger partial charge in [0.05, 0.1) is 17.8 Å². The largest absolute Gasteiger partial charge is 0.508 e. The lowest BCUT2D eigenvalue weighted by atomic mass is 10.1. The van der Waals surface area contributed by atoms with Crippen molar-refractivity contribution in [1.29, 1.82) is 0 Å². The monoisotopic (exact) mass is 365 g/mol. The number of carbonyl (C=O) groups is 1. The molecule has 0 fully saturated rings. The molecule has 22 heavy (non-hydrogen) atoms. The van der Waals surface area contributed by atoms with Gasteiger partial charge in [0, 0.05) is 10.0 Å². The minimum atomic E-state index is -0.965. The van der Waals surface area contributed by atoms with Crippen LogP contribution in [0.3, 0.4) is 0 Å². The molecule has 0 aromatic heterocycles. The third-order valence-corrected chi connectivity index (χ3v) is 3.95. The Morgan fingerprint density at radius 2 is 2.00 bits per heavy atom. The van der Waals surface area contributed by atoms with Gasteiger partial charge in [0.25, 0.3) is 0 Å². The molecule has 0 atom stereocenters. The molecule has 0 saturated carbocycles. The minimum Gasteiger partial charge on any atom is -0.508 e. The zero-order chi connectivity index (χ0) is 15.0. The van der Waals surface area contributed by atoms with E-state index < -0.39 is 5.97 Å². The number of fused-ring (bicyclic) bond motifs is 1. The maximum Gasteiger partial charge on any atom is 0.335 e. The minimum absolute atomic E-state index is 0. The lowest BCUT2D eigenvalue weighted by molar-refractivity contribution is 0.0697. The molecule has 0 unspecified atom stereocenters. The van der Waals surface area contributed by atoms with Crippen LogP contribution in [0.1, 0.15) is 23.3 Å². The van der Waals surface area contributed by atoms with Crippen molar-refractivity contribution in [2.75, 3.05) is 11.6 Å². The SMILES string of the molecule is C.O=C(O)c1ccc(N2COc3ccc(O)cc3C2)c(Br)c1. The third kappa shape index (κ3) is 3.01. The van der Waals surface area contributed by atoms with Gasteiger partial charge in [-0.15, -0.1) is 0 Å². The number of hydrogen-bond donors (Lipinski definition) is 2. The van der Waals surface area contributed by atoms with Gasteiger partial charge in [0.1, 0.15) is 11.5 Å². The average molecular weight is 366 g/mol. The molecule has 1 aliphatic heterocycles. The van der Waals surface area contributed by atoms with Crippen LogP contribution in [0.25, 0.3) is 0 Å². The molecule has 5 nitrogen and oxygen atoms in total. The van der Waals surface area contributed by atoms with Crippen molar-refractivity contribution in [2.45, 2.75) is 14.0 Å². The number of carboxylic acid groups (broad SMARTS) is 1. The molecular weight excluding hydrogens is 350 g/mol. The molecule has 3 rings (SSSR count). The zero-order valence-corrected chi connectivity index (χ0v) is 12.5. The second kappa shape index (κ2) is 6.27. The van der Waals surface area contributed by atoms with Crippen molar-refractivity contribution in [3.63, 3.8) is 0 Å². The number of halogens is 1. The smallest absolute Gasteiger partial charge is 0.335 e. The Morgan fingerprint density at radius 1 is 1.23 bits per heavy atom. The number of carboxylic acids is 1. The topological polar surface area (TPSA) is 70.0 Å². The quantitative estimate of drug-likeness (QED) is 0.845. The summed E-state index contributed by atoms with van der Waals surface area (Å²) < 4.78 is 6.35. The molecule has 0 radical (unpaired) electrons. The molecule has 1 aliphatic rings. The van der Waals surface area contributed by atoms with Crippen molar-refractivity contribution in [2.24, 2.45) is 0 Å². The standard InChI is InChI=1S/C15H12BrNO4.CH4/c16-12-6-9(15(19)20)1-3-13(12)17-7-10-5-11(18)2-4-14(10)21-8-17;/h1-6,18H,7-8H2,(H,19,20);1H4. The second-order valence-corrected chi connectivity index (χ2v) is 5.59. The summed E-state index contributed by atoms with van der Waals surface area (Å²) in [6, 6.07) is 9.86. The summed E-state index contributed by atoms with van der Waals surface area (Å²) in [7, 11) is 0. The van der Waals surface area contributed by atoms with E-state index in [1.165, 1.54) is 0 Å². The molecule has 6 heteroatoms. The molecule has 0 saturated heterocycles. The lowest BCUT2D eigenvalue weighted by Gasteiger charge is -2.31. The molecule has 1 heterocycles. The Hall–Kier alpha value is -2.21. The van der Waals surface area contributed by atoms with Crippen molar-refractivity contribution >= 4 is 27.6 Å². The van der Waals surface area contributed by atoms with E-state index in [-0.39, 0.29) is 18.7 Å². The van der Waals surface area contributed by atoms with Gasteiger partial charge in [-0.05, 0) is 52.3 Å². The number of phenols is 1. The van der Waals surface area contributed by atoms with Crippen molar-refractivity contribution in [3.05, 3.63) is 52.0 Å². The first-order valence-corrected chi connectivity index (χ1v) is 7.06. The van der Waals surface area contributed by atoms with Crippen LogP contribution in [0.15, 0.2) is 40.9 Å². The maximum atomic E-state index is 11.0.